The lowest BCUT2D eigenvalue weighted by Gasteiger charge is -2.02. The number of pyridine rings is 1. The molecule has 3 aromatic rings. The molecular weight excluding hydrogens is 262 g/mol. The van der Waals surface area contributed by atoms with Crippen molar-refractivity contribution in [3.63, 3.8) is 0 Å². The van der Waals surface area contributed by atoms with E-state index in [4.69, 9.17) is 8.83 Å². The van der Waals surface area contributed by atoms with Crippen molar-refractivity contribution in [2.45, 2.75) is 13.1 Å². The molecule has 0 spiro atoms. The molecule has 7 heteroatoms. The maximum atomic E-state index is 11.9. The Hall–Kier alpha value is -2.83. The van der Waals surface area contributed by atoms with Crippen LogP contribution in [0.5, 0.6) is 0 Å². The van der Waals surface area contributed by atoms with Gasteiger partial charge in [-0.05, 0) is 24.3 Å². The molecule has 0 aromatic carbocycles. The summed E-state index contributed by atoms with van der Waals surface area (Å²) in [5.41, 5.74) is 0.891. The predicted octanol–water partition coefficient (Wildman–Crippen LogP) is 0.318. The molecule has 0 aliphatic heterocycles. The Morgan fingerprint density at radius 3 is 3.05 bits per heavy atom. The number of fused-ring (bicyclic) bond motifs is 1. The van der Waals surface area contributed by atoms with Gasteiger partial charge >= 0.3 is 11.4 Å². The van der Waals surface area contributed by atoms with Crippen LogP contribution in [0.4, 0.5) is 0 Å². The second kappa shape index (κ2) is 5.04. The zero-order valence-corrected chi connectivity index (χ0v) is 10.5. The van der Waals surface area contributed by atoms with Gasteiger partial charge in [0.2, 0.25) is 5.58 Å². The average molecular weight is 274 g/mol. The summed E-state index contributed by atoms with van der Waals surface area (Å²) in [5.74, 6) is -0.0600. The number of carbonyl (C=O) groups excluding carboxylic acids is 1. The summed E-state index contributed by atoms with van der Waals surface area (Å²) in [5, 5.41) is 2.73. The lowest BCUT2D eigenvalue weighted by Crippen LogP contribution is -2.43. The number of rotatable bonds is 4. The highest BCUT2D eigenvalue weighted by Gasteiger charge is 2.15. The lowest BCUT2D eigenvalue weighted by molar-refractivity contribution is -0.660. The summed E-state index contributed by atoms with van der Waals surface area (Å²) in [6, 6.07) is 6.90. The zero-order chi connectivity index (χ0) is 13.9. The van der Waals surface area contributed by atoms with Crippen LogP contribution in [0.1, 0.15) is 5.76 Å². The maximum absolute atomic E-state index is 11.9. The maximum Gasteiger partial charge on any atom is 0.510 e. The van der Waals surface area contributed by atoms with Crippen LogP contribution >= 0.6 is 0 Å². The summed E-state index contributed by atoms with van der Waals surface area (Å²) in [6.45, 7) is 0.401. The molecule has 20 heavy (non-hydrogen) atoms. The lowest BCUT2D eigenvalue weighted by atomic mass is 10.4. The van der Waals surface area contributed by atoms with Gasteiger partial charge in [0.1, 0.15) is 5.76 Å². The molecule has 0 atom stereocenters. The summed E-state index contributed by atoms with van der Waals surface area (Å²) in [7, 11) is 0. The van der Waals surface area contributed by atoms with Gasteiger partial charge in [-0.1, -0.05) is 0 Å². The molecule has 0 aliphatic carbocycles. The van der Waals surface area contributed by atoms with Crippen LogP contribution in [0.25, 0.3) is 11.2 Å². The molecule has 0 unspecified atom stereocenters. The first-order valence-corrected chi connectivity index (χ1v) is 6.03. The van der Waals surface area contributed by atoms with Gasteiger partial charge in [0.05, 0.1) is 19.0 Å². The monoisotopic (exact) mass is 274 g/mol. The number of oxazole rings is 1. The number of H-pyrrole nitrogens is 1. The molecule has 0 saturated carbocycles. The van der Waals surface area contributed by atoms with Crippen LogP contribution in [0.2, 0.25) is 0 Å². The molecule has 0 fully saturated rings. The number of nitrogens with one attached hydrogen (secondary N) is 2. The van der Waals surface area contributed by atoms with Crippen LogP contribution in [-0.4, -0.2) is 10.9 Å². The molecular formula is C13H12N3O4+. The van der Waals surface area contributed by atoms with Crippen LogP contribution in [0.15, 0.2) is 50.4 Å². The van der Waals surface area contributed by atoms with Gasteiger partial charge in [-0.2, -0.15) is 9.78 Å². The standard InChI is InChI=1S/C13H11N3O4/c17-11(14-7-9-3-2-6-19-9)8-16-5-1-4-10-12(16)15-13(18)20-10/h1-6H,7-8H2,(H,14,17)/p+1. The predicted molar refractivity (Wildman–Crippen MR) is 67.6 cm³/mol. The van der Waals surface area contributed by atoms with Crippen molar-refractivity contribution in [3.8, 4) is 0 Å². The Morgan fingerprint density at radius 2 is 2.25 bits per heavy atom. The highest BCUT2D eigenvalue weighted by atomic mass is 16.4. The normalized spacial score (nSPS) is 10.8. The molecule has 102 valence electrons. The molecule has 3 heterocycles. The second-order valence-corrected chi connectivity index (χ2v) is 4.22. The number of furan rings is 1. The van der Waals surface area contributed by atoms with Crippen molar-refractivity contribution in [2.24, 2.45) is 0 Å². The van der Waals surface area contributed by atoms with E-state index in [1.807, 2.05) is 0 Å². The number of carbonyl (C=O) groups is 1. The van der Waals surface area contributed by atoms with Crippen LogP contribution in [0, 0.1) is 0 Å². The third kappa shape index (κ3) is 2.46. The van der Waals surface area contributed by atoms with E-state index in [0.717, 1.165) is 0 Å². The van der Waals surface area contributed by atoms with E-state index in [9.17, 15) is 9.59 Å². The Balaban J connectivity index is 1.72. The van der Waals surface area contributed by atoms with Gasteiger partial charge in [-0.15, -0.1) is 0 Å². The largest absolute Gasteiger partial charge is 0.510 e. The number of aromatic nitrogens is 2. The minimum Gasteiger partial charge on any atom is -0.467 e. The van der Waals surface area contributed by atoms with Gasteiger partial charge < -0.3 is 14.2 Å². The van der Waals surface area contributed by atoms with Crippen molar-refractivity contribution in [1.29, 1.82) is 0 Å². The van der Waals surface area contributed by atoms with Crippen LogP contribution < -0.4 is 15.6 Å². The third-order valence-corrected chi connectivity index (χ3v) is 2.81. The number of aromatic amines is 1. The number of hydrogen-bond donors (Lipinski definition) is 2. The summed E-state index contributed by atoms with van der Waals surface area (Å²) in [6.07, 6.45) is 3.24. The minimum absolute atomic E-state index is 0.0769. The highest BCUT2D eigenvalue weighted by molar-refractivity contribution is 5.74. The van der Waals surface area contributed by atoms with Gasteiger partial charge in [-0.3, -0.25) is 4.79 Å². The molecule has 3 rings (SSSR count). The molecule has 2 N–H and O–H groups in total. The molecule has 3 aromatic heterocycles. The van der Waals surface area contributed by atoms with E-state index >= 15 is 0 Å². The quantitative estimate of drug-likeness (QED) is 0.670. The summed E-state index contributed by atoms with van der Waals surface area (Å²) >= 11 is 0. The van der Waals surface area contributed by atoms with E-state index in [2.05, 4.69) is 10.3 Å². The van der Waals surface area contributed by atoms with Gasteiger partial charge in [0.15, 0.2) is 6.54 Å². The fourth-order valence-electron chi connectivity index (χ4n) is 1.91. The summed E-state index contributed by atoms with van der Waals surface area (Å²) in [4.78, 5) is 25.6. The fraction of sp³-hybridized carbons (Fsp3) is 0.154. The number of hydrogen-bond acceptors (Lipinski definition) is 4. The Morgan fingerprint density at radius 1 is 1.35 bits per heavy atom. The van der Waals surface area contributed by atoms with Crippen molar-refractivity contribution in [1.82, 2.24) is 10.3 Å². The minimum atomic E-state index is -0.545. The Bertz CT molecular complexity index is 785. The molecule has 0 saturated heterocycles. The fourth-order valence-corrected chi connectivity index (χ4v) is 1.91. The van der Waals surface area contributed by atoms with E-state index in [0.29, 0.717) is 23.5 Å². The van der Waals surface area contributed by atoms with Crippen molar-refractivity contribution in [3.05, 3.63) is 53.0 Å². The smallest absolute Gasteiger partial charge is 0.467 e. The number of amides is 1. The topological polar surface area (TPSA) is 92.1 Å². The molecule has 0 bridgehead atoms. The second-order valence-electron chi connectivity index (χ2n) is 4.22. The van der Waals surface area contributed by atoms with Crippen molar-refractivity contribution >= 4 is 17.1 Å². The highest BCUT2D eigenvalue weighted by Crippen LogP contribution is 2.02. The first kappa shape index (κ1) is 12.2. The van der Waals surface area contributed by atoms with E-state index in [1.54, 1.807) is 41.3 Å². The average Bonchev–Trinajstić information content (AvgIpc) is 3.05. The van der Waals surface area contributed by atoms with E-state index in [1.165, 1.54) is 0 Å². The molecule has 0 aliphatic rings. The first-order valence-electron chi connectivity index (χ1n) is 6.03. The third-order valence-electron chi connectivity index (χ3n) is 2.81. The van der Waals surface area contributed by atoms with Gasteiger partial charge in [0.25, 0.3) is 5.91 Å². The van der Waals surface area contributed by atoms with E-state index in [-0.39, 0.29) is 12.5 Å². The SMILES string of the molecule is O=C(C[n+]1cccc2oc(=O)[nH]c21)NCc1ccco1. The van der Waals surface area contributed by atoms with Gasteiger partial charge in [0, 0.05) is 0 Å². The van der Waals surface area contributed by atoms with Crippen molar-refractivity contribution in [2.75, 3.05) is 0 Å². The molecule has 1 amide bonds. The first-order chi connectivity index (χ1) is 9.72. The van der Waals surface area contributed by atoms with Gasteiger partial charge in [-0.25, -0.2) is 4.57 Å². The molecule has 7 nitrogen and oxygen atoms in total. The molecule has 0 radical (unpaired) electrons. The van der Waals surface area contributed by atoms with E-state index < -0.39 is 5.76 Å². The van der Waals surface area contributed by atoms with Crippen molar-refractivity contribution < 1.29 is 18.2 Å². The van der Waals surface area contributed by atoms with Crippen LogP contribution in [-0.2, 0) is 17.9 Å². The zero-order valence-electron chi connectivity index (χ0n) is 10.5. The Kier molecular flexibility index (Phi) is 3.08. The Labute approximate surface area is 112 Å². The summed E-state index contributed by atoms with van der Waals surface area (Å²) < 4.78 is 11.7. The number of nitrogens with zero attached hydrogens (tertiary/aromatic N) is 1. The van der Waals surface area contributed by atoms with Crippen LogP contribution in [0.3, 0.4) is 0 Å².